The Morgan fingerprint density at radius 2 is 1.70 bits per heavy atom. The zero-order valence-electron chi connectivity index (χ0n) is 17.8. The monoisotopic (exact) mass is 442 g/mol. The van der Waals surface area contributed by atoms with Crippen molar-refractivity contribution in [3.63, 3.8) is 0 Å². The van der Waals surface area contributed by atoms with E-state index in [1.165, 1.54) is 12.1 Å². The highest BCUT2D eigenvalue weighted by Crippen LogP contribution is 2.34. The smallest absolute Gasteiger partial charge is 0.295 e. The van der Waals surface area contributed by atoms with Gasteiger partial charge in [-0.15, -0.1) is 0 Å². The molecule has 0 spiro atoms. The van der Waals surface area contributed by atoms with Crippen LogP contribution in [0.2, 0.25) is 0 Å². The number of hydrogen-bond acceptors (Lipinski definition) is 6. The number of benzene rings is 3. The van der Waals surface area contributed by atoms with Gasteiger partial charge in [-0.05, 0) is 43.5 Å². The third kappa shape index (κ3) is 3.69. The standard InChI is InChI=1S/C25H22N4O4/c30-22-11-7-10-19-23(22)24(17-8-3-1-4-9-17)26-28(25(19)31)21-16-18(12-13-20(21)29(32)33)27-14-5-2-6-15-27/h1,3-4,7-13,16,30H,2,5-6,14-15H2. The first-order valence-corrected chi connectivity index (χ1v) is 10.9. The second-order valence-corrected chi connectivity index (χ2v) is 8.11. The van der Waals surface area contributed by atoms with Gasteiger partial charge in [0.15, 0.2) is 0 Å². The van der Waals surface area contributed by atoms with Crippen LogP contribution in [0.15, 0.2) is 71.5 Å². The molecule has 1 aliphatic heterocycles. The third-order valence-electron chi connectivity index (χ3n) is 6.05. The van der Waals surface area contributed by atoms with Gasteiger partial charge < -0.3 is 10.0 Å². The molecule has 0 bridgehead atoms. The number of phenolic OH excluding ortho intramolecular Hbond substituents is 1. The number of rotatable bonds is 4. The van der Waals surface area contributed by atoms with Crippen LogP contribution < -0.4 is 10.5 Å². The van der Waals surface area contributed by atoms with Gasteiger partial charge in [-0.3, -0.25) is 14.9 Å². The van der Waals surface area contributed by atoms with Crippen molar-refractivity contribution < 1.29 is 10.0 Å². The average Bonchev–Trinajstić information content (AvgIpc) is 2.85. The molecule has 1 fully saturated rings. The Kier molecular flexibility index (Phi) is 5.26. The molecule has 2 heterocycles. The van der Waals surface area contributed by atoms with Gasteiger partial charge in [-0.2, -0.15) is 9.78 Å². The van der Waals surface area contributed by atoms with Gasteiger partial charge in [-0.25, -0.2) is 0 Å². The zero-order valence-corrected chi connectivity index (χ0v) is 17.8. The molecule has 0 saturated carbocycles. The topological polar surface area (TPSA) is 102 Å². The fourth-order valence-electron chi connectivity index (χ4n) is 4.42. The summed E-state index contributed by atoms with van der Waals surface area (Å²) in [7, 11) is 0. The Hall–Kier alpha value is -4.20. The van der Waals surface area contributed by atoms with E-state index in [1.807, 2.05) is 30.3 Å². The van der Waals surface area contributed by atoms with Crippen molar-refractivity contribution >= 4 is 22.1 Å². The summed E-state index contributed by atoms with van der Waals surface area (Å²) in [5, 5.41) is 27.5. The molecule has 1 aliphatic rings. The van der Waals surface area contributed by atoms with E-state index in [1.54, 1.807) is 24.3 Å². The van der Waals surface area contributed by atoms with E-state index in [4.69, 9.17) is 0 Å². The van der Waals surface area contributed by atoms with Gasteiger partial charge in [0.05, 0.1) is 15.7 Å². The summed E-state index contributed by atoms with van der Waals surface area (Å²) in [5.74, 6) is -0.0697. The highest BCUT2D eigenvalue weighted by atomic mass is 16.6. The summed E-state index contributed by atoms with van der Waals surface area (Å²) in [6.07, 6.45) is 3.27. The summed E-state index contributed by atoms with van der Waals surface area (Å²) in [4.78, 5) is 27.0. The van der Waals surface area contributed by atoms with Crippen LogP contribution in [0.4, 0.5) is 11.4 Å². The number of hydrogen-bond donors (Lipinski definition) is 1. The number of nitrogens with zero attached hydrogens (tertiary/aromatic N) is 4. The first kappa shape index (κ1) is 20.7. The summed E-state index contributed by atoms with van der Waals surface area (Å²) in [6, 6.07) is 18.7. The minimum atomic E-state index is -0.528. The van der Waals surface area contributed by atoms with E-state index in [0.29, 0.717) is 16.6 Å². The minimum Gasteiger partial charge on any atom is -0.507 e. The highest BCUT2D eigenvalue weighted by molar-refractivity contribution is 5.98. The molecule has 1 saturated heterocycles. The molecule has 1 N–H and O–H groups in total. The molecule has 0 aliphatic carbocycles. The fraction of sp³-hybridized carbons (Fsp3) is 0.200. The lowest BCUT2D eigenvalue weighted by atomic mass is 10.0. The predicted octanol–water partition coefficient (Wildman–Crippen LogP) is 4.66. The molecule has 33 heavy (non-hydrogen) atoms. The Morgan fingerprint density at radius 3 is 2.42 bits per heavy atom. The number of nitro benzene ring substituents is 1. The van der Waals surface area contributed by atoms with Crippen LogP contribution in [-0.2, 0) is 0 Å². The minimum absolute atomic E-state index is 0.0697. The van der Waals surface area contributed by atoms with Gasteiger partial charge in [0.25, 0.3) is 11.2 Å². The van der Waals surface area contributed by atoms with E-state index in [-0.39, 0.29) is 22.5 Å². The number of aromatic hydroxyl groups is 1. The van der Waals surface area contributed by atoms with Crippen molar-refractivity contribution in [1.29, 1.82) is 0 Å². The van der Waals surface area contributed by atoms with Crippen LogP contribution in [0, 0.1) is 10.1 Å². The van der Waals surface area contributed by atoms with E-state index in [0.717, 1.165) is 42.7 Å². The molecule has 0 amide bonds. The number of fused-ring (bicyclic) bond motifs is 1. The zero-order chi connectivity index (χ0) is 22.9. The maximum atomic E-state index is 13.5. The Labute approximate surface area is 189 Å². The van der Waals surface area contributed by atoms with Crippen LogP contribution in [0.5, 0.6) is 5.75 Å². The van der Waals surface area contributed by atoms with Crippen molar-refractivity contribution in [3.8, 4) is 22.7 Å². The second-order valence-electron chi connectivity index (χ2n) is 8.11. The van der Waals surface area contributed by atoms with E-state index >= 15 is 0 Å². The highest BCUT2D eigenvalue weighted by Gasteiger charge is 2.23. The largest absolute Gasteiger partial charge is 0.507 e. The normalized spacial score (nSPS) is 13.9. The summed E-state index contributed by atoms with van der Waals surface area (Å²) in [6.45, 7) is 1.72. The molecule has 1 aromatic heterocycles. The van der Waals surface area contributed by atoms with Crippen LogP contribution in [-0.4, -0.2) is 32.9 Å². The maximum Gasteiger partial charge on any atom is 0.295 e. The molecule has 4 aromatic rings. The Bertz CT molecular complexity index is 1410. The second kappa shape index (κ2) is 8.38. The molecule has 3 aromatic carbocycles. The van der Waals surface area contributed by atoms with E-state index < -0.39 is 10.5 Å². The SMILES string of the molecule is O=c1c2cccc(O)c2c(-c2ccccc2)nn1-c1cc(N2CCCCC2)ccc1[N+](=O)[O-]. The first-order valence-electron chi connectivity index (χ1n) is 10.9. The van der Waals surface area contributed by atoms with Gasteiger partial charge in [-0.1, -0.05) is 36.4 Å². The van der Waals surface area contributed by atoms with Crippen molar-refractivity contribution in [2.45, 2.75) is 19.3 Å². The molecule has 0 atom stereocenters. The Morgan fingerprint density at radius 1 is 0.939 bits per heavy atom. The summed E-state index contributed by atoms with van der Waals surface area (Å²) < 4.78 is 1.09. The molecular formula is C25H22N4O4. The van der Waals surface area contributed by atoms with Crippen molar-refractivity contribution in [1.82, 2.24) is 9.78 Å². The summed E-state index contributed by atoms with van der Waals surface area (Å²) >= 11 is 0. The summed E-state index contributed by atoms with van der Waals surface area (Å²) in [5.41, 5.74) is 1.26. The molecule has 8 heteroatoms. The van der Waals surface area contributed by atoms with E-state index in [2.05, 4.69) is 10.00 Å². The molecular weight excluding hydrogens is 420 g/mol. The van der Waals surface area contributed by atoms with Crippen LogP contribution in [0.3, 0.4) is 0 Å². The van der Waals surface area contributed by atoms with Crippen molar-refractivity contribution in [2.75, 3.05) is 18.0 Å². The van der Waals surface area contributed by atoms with Gasteiger partial charge in [0.1, 0.15) is 17.1 Å². The number of aromatic nitrogens is 2. The Balaban J connectivity index is 1.81. The lowest BCUT2D eigenvalue weighted by Crippen LogP contribution is -2.30. The van der Waals surface area contributed by atoms with Crippen LogP contribution in [0.25, 0.3) is 27.7 Å². The number of anilines is 1. The number of piperidine rings is 1. The van der Waals surface area contributed by atoms with Crippen molar-refractivity contribution in [3.05, 3.63) is 87.2 Å². The number of phenols is 1. The van der Waals surface area contributed by atoms with Crippen LogP contribution >= 0.6 is 0 Å². The molecule has 0 radical (unpaired) electrons. The predicted molar refractivity (Wildman–Crippen MR) is 127 cm³/mol. The molecule has 166 valence electrons. The molecule has 0 unspecified atom stereocenters. The third-order valence-corrected chi connectivity index (χ3v) is 6.05. The lowest BCUT2D eigenvalue weighted by molar-refractivity contribution is -0.384. The van der Waals surface area contributed by atoms with Gasteiger partial charge >= 0.3 is 0 Å². The quantitative estimate of drug-likeness (QED) is 0.364. The molecule has 5 rings (SSSR count). The molecule has 8 nitrogen and oxygen atoms in total. The lowest BCUT2D eigenvalue weighted by Gasteiger charge is -2.29. The van der Waals surface area contributed by atoms with Crippen LogP contribution in [0.1, 0.15) is 19.3 Å². The maximum absolute atomic E-state index is 13.5. The fourth-order valence-corrected chi connectivity index (χ4v) is 4.42. The first-order chi connectivity index (χ1) is 16.0. The van der Waals surface area contributed by atoms with Crippen molar-refractivity contribution in [2.24, 2.45) is 0 Å². The average molecular weight is 442 g/mol. The van der Waals surface area contributed by atoms with E-state index in [9.17, 15) is 20.0 Å². The number of nitro groups is 1. The van der Waals surface area contributed by atoms with Gasteiger partial charge in [0.2, 0.25) is 0 Å². The van der Waals surface area contributed by atoms with Gasteiger partial charge in [0, 0.05) is 30.4 Å².